The van der Waals surface area contributed by atoms with Gasteiger partial charge in [-0.1, -0.05) is 53.7 Å². The molecular weight excluding hydrogens is 358 g/mol. The van der Waals surface area contributed by atoms with E-state index in [0.717, 1.165) is 27.8 Å². The quantitative estimate of drug-likeness (QED) is 0.472. The van der Waals surface area contributed by atoms with Crippen molar-refractivity contribution >= 4 is 40.9 Å². The number of thioether (sulfide) groups is 1. The Morgan fingerprint density at radius 1 is 1.25 bits per heavy atom. The van der Waals surface area contributed by atoms with Crippen LogP contribution >= 0.6 is 34.7 Å². The molecule has 1 unspecified atom stereocenters. The SMILES string of the molecule is CSc1ncc(Cl)c(-c2cc3c(s2)C(c2ccccc2)CN=C3)n1. The van der Waals surface area contributed by atoms with Crippen LogP contribution in [0.2, 0.25) is 5.02 Å². The number of rotatable bonds is 3. The molecule has 1 atom stereocenters. The van der Waals surface area contributed by atoms with Gasteiger partial charge in [-0.3, -0.25) is 4.99 Å². The summed E-state index contributed by atoms with van der Waals surface area (Å²) in [6, 6.07) is 12.7. The van der Waals surface area contributed by atoms with E-state index < -0.39 is 0 Å². The highest BCUT2D eigenvalue weighted by atomic mass is 35.5. The lowest BCUT2D eigenvalue weighted by Gasteiger charge is -2.18. The number of aromatic nitrogens is 2. The van der Waals surface area contributed by atoms with Crippen molar-refractivity contribution in [3.05, 3.63) is 63.6 Å². The monoisotopic (exact) mass is 371 g/mol. The number of nitrogens with zero attached hydrogens (tertiary/aromatic N) is 3. The molecule has 3 aromatic rings. The number of fused-ring (bicyclic) bond motifs is 1. The number of hydrogen-bond acceptors (Lipinski definition) is 5. The van der Waals surface area contributed by atoms with Crippen LogP contribution in [-0.4, -0.2) is 29.0 Å². The van der Waals surface area contributed by atoms with Gasteiger partial charge in [0, 0.05) is 22.6 Å². The summed E-state index contributed by atoms with van der Waals surface area (Å²) < 4.78 is 0. The van der Waals surface area contributed by atoms with Crippen LogP contribution in [-0.2, 0) is 0 Å². The molecule has 1 aliphatic rings. The van der Waals surface area contributed by atoms with Crippen LogP contribution < -0.4 is 0 Å². The highest BCUT2D eigenvalue weighted by molar-refractivity contribution is 7.98. The van der Waals surface area contributed by atoms with Gasteiger partial charge in [0.2, 0.25) is 0 Å². The van der Waals surface area contributed by atoms with Gasteiger partial charge in [0.15, 0.2) is 5.16 Å². The molecular formula is C18H14ClN3S2. The summed E-state index contributed by atoms with van der Waals surface area (Å²) in [5.74, 6) is 0.297. The van der Waals surface area contributed by atoms with E-state index in [1.54, 1.807) is 17.5 Å². The maximum atomic E-state index is 6.34. The van der Waals surface area contributed by atoms with Gasteiger partial charge >= 0.3 is 0 Å². The molecule has 0 saturated heterocycles. The second-order valence-electron chi connectivity index (χ2n) is 5.44. The van der Waals surface area contributed by atoms with Gasteiger partial charge < -0.3 is 0 Å². The zero-order valence-electron chi connectivity index (χ0n) is 12.9. The second kappa shape index (κ2) is 6.67. The third-order valence-corrected chi connectivity index (χ3v) is 6.08. The molecule has 0 amide bonds. The number of benzene rings is 1. The van der Waals surface area contributed by atoms with E-state index >= 15 is 0 Å². The minimum atomic E-state index is 0.297. The lowest BCUT2D eigenvalue weighted by atomic mass is 9.93. The van der Waals surface area contributed by atoms with Crippen LogP contribution in [0.4, 0.5) is 0 Å². The minimum absolute atomic E-state index is 0.297. The Bertz CT molecular complexity index is 906. The first-order valence-electron chi connectivity index (χ1n) is 7.51. The predicted octanol–water partition coefficient (Wildman–Crippen LogP) is 5.14. The third-order valence-electron chi connectivity index (χ3n) is 3.97. The zero-order chi connectivity index (χ0) is 16.5. The van der Waals surface area contributed by atoms with Crippen molar-refractivity contribution in [2.75, 3.05) is 12.8 Å². The highest BCUT2D eigenvalue weighted by Crippen LogP contribution is 2.41. The first-order valence-corrected chi connectivity index (χ1v) is 9.93. The lowest BCUT2D eigenvalue weighted by Crippen LogP contribution is -2.09. The Kier molecular flexibility index (Phi) is 4.39. The van der Waals surface area contributed by atoms with Crippen LogP contribution in [0.1, 0.15) is 21.9 Å². The molecule has 0 saturated carbocycles. The van der Waals surface area contributed by atoms with Crippen LogP contribution in [0, 0.1) is 0 Å². The average Bonchev–Trinajstić information content (AvgIpc) is 3.07. The molecule has 4 rings (SSSR count). The number of halogens is 1. The predicted molar refractivity (Wildman–Crippen MR) is 103 cm³/mol. The molecule has 3 heterocycles. The molecule has 1 aromatic carbocycles. The first-order chi connectivity index (χ1) is 11.8. The molecule has 0 bridgehead atoms. The van der Waals surface area contributed by atoms with Crippen LogP contribution in [0.25, 0.3) is 10.6 Å². The Hall–Kier alpha value is -1.69. The van der Waals surface area contributed by atoms with Crippen molar-refractivity contribution < 1.29 is 0 Å². The molecule has 2 aromatic heterocycles. The maximum absolute atomic E-state index is 6.34. The fourth-order valence-electron chi connectivity index (χ4n) is 2.81. The molecule has 3 nitrogen and oxygen atoms in total. The van der Waals surface area contributed by atoms with Crippen molar-refractivity contribution in [3.8, 4) is 10.6 Å². The Morgan fingerprint density at radius 3 is 2.88 bits per heavy atom. The summed E-state index contributed by atoms with van der Waals surface area (Å²) in [6.07, 6.45) is 5.60. The van der Waals surface area contributed by atoms with E-state index in [1.165, 1.54) is 22.2 Å². The van der Waals surface area contributed by atoms with E-state index in [4.69, 9.17) is 11.6 Å². The van der Waals surface area contributed by atoms with Gasteiger partial charge in [-0.05, 0) is 17.9 Å². The van der Waals surface area contributed by atoms with Crippen LogP contribution in [0.3, 0.4) is 0 Å². The topological polar surface area (TPSA) is 38.1 Å². The van der Waals surface area contributed by atoms with Gasteiger partial charge in [-0.25, -0.2) is 9.97 Å². The van der Waals surface area contributed by atoms with E-state index in [2.05, 4.69) is 45.3 Å². The Balaban J connectivity index is 1.80. The summed E-state index contributed by atoms with van der Waals surface area (Å²) in [6.45, 7) is 0.782. The fourth-order valence-corrected chi connectivity index (χ4v) is 4.66. The molecule has 0 aliphatic carbocycles. The molecule has 1 aliphatic heterocycles. The maximum Gasteiger partial charge on any atom is 0.187 e. The standard InChI is InChI=1S/C18H14ClN3S2/c1-23-18-21-10-14(19)16(22-18)15-7-12-8-20-9-13(17(12)24-15)11-5-3-2-4-6-11/h2-8,10,13H,9H2,1H3. The molecule has 6 heteroatoms. The fraction of sp³-hybridized carbons (Fsp3) is 0.167. The number of hydrogen-bond donors (Lipinski definition) is 0. The number of thiophene rings is 1. The lowest BCUT2D eigenvalue weighted by molar-refractivity contribution is 0.826. The molecule has 24 heavy (non-hydrogen) atoms. The van der Waals surface area contributed by atoms with Crippen molar-refractivity contribution in [2.45, 2.75) is 11.1 Å². The van der Waals surface area contributed by atoms with Crippen molar-refractivity contribution in [3.63, 3.8) is 0 Å². The molecule has 0 N–H and O–H groups in total. The molecule has 120 valence electrons. The summed E-state index contributed by atoms with van der Waals surface area (Å²) in [5.41, 5.74) is 3.26. The second-order valence-corrected chi connectivity index (χ2v) is 7.71. The Morgan fingerprint density at radius 2 is 2.08 bits per heavy atom. The normalized spacial score (nSPS) is 16.2. The smallest absolute Gasteiger partial charge is 0.187 e. The molecule has 0 radical (unpaired) electrons. The van der Waals surface area contributed by atoms with E-state index in [0.29, 0.717) is 10.9 Å². The zero-order valence-corrected chi connectivity index (χ0v) is 15.3. The van der Waals surface area contributed by atoms with Gasteiger partial charge in [-0.15, -0.1) is 11.3 Å². The summed E-state index contributed by atoms with van der Waals surface area (Å²) in [7, 11) is 0. The van der Waals surface area contributed by atoms with Crippen LogP contribution in [0.5, 0.6) is 0 Å². The largest absolute Gasteiger partial charge is 0.291 e. The minimum Gasteiger partial charge on any atom is -0.291 e. The summed E-state index contributed by atoms with van der Waals surface area (Å²) in [5, 5.41) is 1.31. The van der Waals surface area contributed by atoms with Crippen molar-refractivity contribution in [1.29, 1.82) is 0 Å². The number of aliphatic imine (C=N–C) groups is 1. The highest BCUT2D eigenvalue weighted by Gasteiger charge is 2.24. The molecule has 0 spiro atoms. The molecule has 0 fully saturated rings. The van der Waals surface area contributed by atoms with Crippen LogP contribution in [0.15, 0.2) is 52.7 Å². The van der Waals surface area contributed by atoms with Gasteiger partial charge in [0.25, 0.3) is 0 Å². The summed E-state index contributed by atoms with van der Waals surface area (Å²) in [4.78, 5) is 15.8. The Labute approximate surface area is 153 Å². The van der Waals surface area contributed by atoms with Gasteiger partial charge in [0.1, 0.15) is 5.69 Å². The van der Waals surface area contributed by atoms with Gasteiger partial charge in [0.05, 0.1) is 22.6 Å². The van der Waals surface area contributed by atoms with Crippen molar-refractivity contribution in [1.82, 2.24) is 9.97 Å². The first kappa shape index (κ1) is 15.8. The van der Waals surface area contributed by atoms with Crippen molar-refractivity contribution in [2.24, 2.45) is 4.99 Å². The van der Waals surface area contributed by atoms with E-state index in [-0.39, 0.29) is 0 Å². The van der Waals surface area contributed by atoms with E-state index in [9.17, 15) is 0 Å². The average molecular weight is 372 g/mol. The summed E-state index contributed by atoms with van der Waals surface area (Å²) >= 11 is 9.61. The van der Waals surface area contributed by atoms with Gasteiger partial charge in [-0.2, -0.15) is 0 Å². The third kappa shape index (κ3) is 2.88. The van der Waals surface area contributed by atoms with E-state index in [1.807, 2.05) is 18.5 Å².